The van der Waals surface area contributed by atoms with Gasteiger partial charge in [-0.1, -0.05) is 0 Å². The van der Waals surface area contributed by atoms with E-state index in [1.165, 1.54) is 0 Å². The number of piperidine rings is 1. The van der Waals surface area contributed by atoms with Crippen molar-refractivity contribution in [2.45, 2.75) is 64.4 Å². The molecular weight excluding hydrogens is 280 g/mol. The van der Waals surface area contributed by atoms with Crippen molar-refractivity contribution < 1.29 is 23.4 Å². The number of rotatable bonds is 5. The maximum Gasteiger partial charge on any atom is 0.410 e. The van der Waals surface area contributed by atoms with E-state index >= 15 is 0 Å². The van der Waals surface area contributed by atoms with Gasteiger partial charge in [0.15, 0.2) is 0 Å². The second kappa shape index (κ2) is 7.38. The van der Waals surface area contributed by atoms with E-state index < -0.39 is 24.6 Å². The zero-order chi connectivity index (χ0) is 16.1. The van der Waals surface area contributed by atoms with Gasteiger partial charge in [0.1, 0.15) is 5.60 Å². The van der Waals surface area contributed by atoms with Gasteiger partial charge in [0, 0.05) is 32.5 Å². The van der Waals surface area contributed by atoms with Crippen LogP contribution in [-0.4, -0.2) is 47.3 Å². The number of carbonyl (C=O) groups excluding carboxylic acids is 1. The van der Waals surface area contributed by atoms with E-state index in [-0.39, 0.29) is 18.4 Å². The number of aliphatic hydroxyl groups is 1. The highest BCUT2D eigenvalue weighted by Gasteiger charge is 2.32. The highest BCUT2D eigenvalue weighted by atomic mass is 19.3. The van der Waals surface area contributed by atoms with Gasteiger partial charge in [-0.15, -0.1) is 0 Å². The number of likely N-dealkylation sites (tertiary alicyclic amines) is 1. The molecule has 0 aliphatic carbocycles. The van der Waals surface area contributed by atoms with Crippen LogP contribution in [0, 0.1) is 5.92 Å². The van der Waals surface area contributed by atoms with Crippen molar-refractivity contribution in [3.05, 3.63) is 0 Å². The highest BCUT2D eigenvalue weighted by molar-refractivity contribution is 5.68. The molecule has 0 spiro atoms. The average Bonchev–Trinajstić information content (AvgIpc) is 2.35. The summed E-state index contributed by atoms with van der Waals surface area (Å²) in [5.41, 5.74) is -0.543. The third kappa shape index (κ3) is 7.07. The van der Waals surface area contributed by atoms with Crippen LogP contribution in [-0.2, 0) is 4.74 Å². The molecule has 0 bridgehead atoms. The van der Waals surface area contributed by atoms with Crippen molar-refractivity contribution in [1.82, 2.24) is 4.90 Å². The standard InChI is InChI=1S/C15H27F2NO3/c1-14(2,3)21-13(20)18-9-4-5-12(11-18)6-7-15(16,17)8-10-19/h12,19H,4-11H2,1-3H3. The van der Waals surface area contributed by atoms with Gasteiger partial charge in [-0.25, -0.2) is 13.6 Å². The largest absolute Gasteiger partial charge is 0.444 e. The Morgan fingerprint density at radius 2 is 2.00 bits per heavy atom. The Kier molecular flexibility index (Phi) is 6.38. The number of aliphatic hydroxyl groups excluding tert-OH is 1. The minimum atomic E-state index is -2.82. The van der Waals surface area contributed by atoms with Crippen LogP contribution in [0.2, 0.25) is 0 Å². The van der Waals surface area contributed by atoms with Gasteiger partial charge >= 0.3 is 6.09 Å². The lowest BCUT2D eigenvalue weighted by atomic mass is 9.91. The van der Waals surface area contributed by atoms with Crippen LogP contribution in [0.3, 0.4) is 0 Å². The molecule has 1 rings (SSSR count). The molecule has 1 fully saturated rings. The fourth-order valence-electron chi connectivity index (χ4n) is 2.50. The minimum absolute atomic E-state index is 0.0795. The predicted molar refractivity (Wildman–Crippen MR) is 76.4 cm³/mol. The zero-order valence-corrected chi connectivity index (χ0v) is 13.2. The smallest absolute Gasteiger partial charge is 0.410 e. The minimum Gasteiger partial charge on any atom is -0.444 e. The normalized spacial score (nSPS) is 20.5. The lowest BCUT2D eigenvalue weighted by Gasteiger charge is -2.34. The number of amides is 1. The average molecular weight is 307 g/mol. The number of halogens is 2. The fraction of sp³-hybridized carbons (Fsp3) is 0.933. The van der Waals surface area contributed by atoms with Crippen molar-refractivity contribution in [3.8, 4) is 0 Å². The van der Waals surface area contributed by atoms with Crippen LogP contribution in [0.25, 0.3) is 0 Å². The molecule has 0 saturated carbocycles. The molecule has 1 amide bonds. The van der Waals surface area contributed by atoms with E-state index in [1.54, 1.807) is 4.90 Å². The van der Waals surface area contributed by atoms with E-state index in [0.717, 1.165) is 12.8 Å². The van der Waals surface area contributed by atoms with E-state index in [9.17, 15) is 13.6 Å². The van der Waals surface area contributed by atoms with Crippen LogP contribution in [0.5, 0.6) is 0 Å². The molecule has 1 aliphatic heterocycles. The third-order valence-corrected chi connectivity index (χ3v) is 3.57. The number of ether oxygens (including phenoxy) is 1. The summed E-state index contributed by atoms with van der Waals surface area (Å²) in [5, 5.41) is 8.61. The first kappa shape index (κ1) is 18.1. The van der Waals surface area contributed by atoms with Gasteiger partial charge in [-0.05, 0) is 46.0 Å². The monoisotopic (exact) mass is 307 g/mol. The Bertz CT molecular complexity index is 342. The quantitative estimate of drug-likeness (QED) is 0.846. The number of nitrogens with zero attached hydrogens (tertiary/aromatic N) is 1. The summed E-state index contributed by atoms with van der Waals surface area (Å²) in [4.78, 5) is 13.6. The van der Waals surface area contributed by atoms with E-state index in [1.807, 2.05) is 20.8 Å². The van der Waals surface area contributed by atoms with E-state index in [2.05, 4.69) is 0 Å². The topological polar surface area (TPSA) is 49.8 Å². The van der Waals surface area contributed by atoms with Crippen LogP contribution in [0.15, 0.2) is 0 Å². The molecule has 0 aromatic heterocycles. The highest BCUT2D eigenvalue weighted by Crippen LogP contribution is 2.30. The van der Waals surface area contributed by atoms with Gasteiger partial charge in [-0.3, -0.25) is 0 Å². The van der Waals surface area contributed by atoms with Gasteiger partial charge in [0.2, 0.25) is 5.92 Å². The third-order valence-electron chi connectivity index (χ3n) is 3.57. The molecule has 1 heterocycles. The molecule has 1 saturated heterocycles. The second-order valence-corrected chi connectivity index (χ2v) is 6.80. The molecule has 0 radical (unpaired) electrons. The molecule has 124 valence electrons. The summed E-state index contributed by atoms with van der Waals surface area (Å²) in [6.07, 6.45) is 0.945. The van der Waals surface area contributed by atoms with Crippen LogP contribution >= 0.6 is 0 Å². The van der Waals surface area contributed by atoms with Crippen LogP contribution in [0.4, 0.5) is 13.6 Å². The molecule has 1 aliphatic rings. The van der Waals surface area contributed by atoms with E-state index in [0.29, 0.717) is 19.5 Å². The van der Waals surface area contributed by atoms with Gasteiger partial charge in [0.25, 0.3) is 0 Å². The summed E-state index contributed by atoms with van der Waals surface area (Å²) in [6.45, 7) is 6.02. The SMILES string of the molecule is CC(C)(C)OC(=O)N1CCCC(CCC(F)(F)CCO)C1. The molecule has 1 N–H and O–H groups in total. The molecule has 21 heavy (non-hydrogen) atoms. The molecule has 1 atom stereocenters. The Morgan fingerprint density at radius 1 is 1.33 bits per heavy atom. The summed E-state index contributed by atoms with van der Waals surface area (Å²) in [5.74, 6) is -2.74. The van der Waals surface area contributed by atoms with Crippen molar-refractivity contribution in [2.24, 2.45) is 5.92 Å². The Hall–Kier alpha value is -0.910. The summed E-state index contributed by atoms with van der Waals surface area (Å²) in [7, 11) is 0. The summed E-state index contributed by atoms with van der Waals surface area (Å²) < 4.78 is 32.1. The van der Waals surface area contributed by atoms with Gasteiger partial charge in [0.05, 0.1) is 0 Å². The number of alkyl halides is 2. The lowest BCUT2D eigenvalue weighted by molar-refractivity contribution is -0.0365. The molecule has 6 heteroatoms. The first-order valence-electron chi connectivity index (χ1n) is 7.59. The zero-order valence-electron chi connectivity index (χ0n) is 13.2. The van der Waals surface area contributed by atoms with Crippen molar-refractivity contribution in [1.29, 1.82) is 0 Å². The number of carbonyl (C=O) groups is 1. The Labute approximate surface area is 125 Å². The molecule has 4 nitrogen and oxygen atoms in total. The fourth-order valence-corrected chi connectivity index (χ4v) is 2.50. The van der Waals surface area contributed by atoms with Crippen LogP contribution < -0.4 is 0 Å². The van der Waals surface area contributed by atoms with Gasteiger partial charge < -0.3 is 14.7 Å². The van der Waals surface area contributed by atoms with Crippen molar-refractivity contribution >= 4 is 6.09 Å². The molecule has 0 aromatic rings. The van der Waals surface area contributed by atoms with Crippen LogP contribution in [0.1, 0.15) is 52.9 Å². The molecule has 0 aromatic carbocycles. The van der Waals surface area contributed by atoms with Crippen molar-refractivity contribution in [2.75, 3.05) is 19.7 Å². The lowest BCUT2D eigenvalue weighted by Crippen LogP contribution is -2.43. The number of hydrogen-bond acceptors (Lipinski definition) is 3. The Balaban J connectivity index is 2.43. The van der Waals surface area contributed by atoms with Gasteiger partial charge in [-0.2, -0.15) is 0 Å². The first-order valence-corrected chi connectivity index (χ1v) is 7.59. The number of hydrogen-bond donors (Lipinski definition) is 1. The van der Waals surface area contributed by atoms with Crippen molar-refractivity contribution in [3.63, 3.8) is 0 Å². The predicted octanol–water partition coefficient (Wildman–Crippen LogP) is 3.43. The molecular formula is C15H27F2NO3. The summed E-state index contributed by atoms with van der Waals surface area (Å²) >= 11 is 0. The first-order chi connectivity index (χ1) is 9.63. The Morgan fingerprint density at radius 3 is 2.57 bits per heavy atom. The maximum absolute atomic E-state index is 13.4. The maximum atomic E-state index is 13.4. The summed E-state index contributed by atoms with van der Waals surface area (Å²) in [6, 6.07) is 0. The molecule has 1 unspecified atom stereocenters. The van der Waals surface area contributed by atoms with E-state index in [4.69, 9.17) is 9.84 Å². The second-order valence-electron chi connectivity index (χ2n) is 6.80.